The summed E-state index contributed by atoms with van der Waals surface area (Å²) in [7, 11) is -3.06. The van der Waals surface area contributed by atoms with Gasteiger partial charge in [-0.25, -0.2) is 13.1 Å². The Morgan fingerprint density at radius 3 is 2.78 bits per heavy atom. The molecule has 1 fully saturated rings. The number of sulfonamides is 1. The molecule has 1 heterocycles. The molecule has 23 heavy (non-hydrogen) atoms. The molecule has 1 aliphatic rings. The number of nitrogens with zero attached hydrogens (tertiary/aromatic N) is 1. The van der Waals surface area contributed by atoms with Crippen LogP contribution in [0.25, 0.3) is 6.08 Å². The van der Waals surface area contributed by atoms with Crippen molar-refractivity contribution in [2.45, 2.75) is 26.2 Å². The first-order chi connectivity index (χ1) is 10.9. The maximum Gasteiger partial charge on any atom is 0.208 e. The average molecular weight is 337 g/mol. The van der Waals surface area contributed by atoms with E-state index in [1.165, 1.54) is 30.2 Å². The van der Waals surface area contributed by atoms with Crippen LogP contribution in [-0.4, -0.2) is 45.8 Å². The Balaban J connectivity index is 1.80. The van der Waals surface area contributed by atoms with Crippen molar-refractivity contribution >= 4 is 16.1 Å². The van der Waals surface area contributed by atoms with Gasteiger partial charge in [-0.1, -0.05) is 42.0 Å². The van der Waals surface area contributed by atoms with Crippen molar-refractivity contribution in [2.75, 3.05) is 32.4 Å². The van der Waals surface area contributed by atoms with Gasteiger partial charge in [0.25, 0.3) is 0 Å². The van der Waals surface area contributed by atoms with E-state index in [1.54, 1.807) is 0 Å². The molecule has 1 aromatic carbocycles. The van der Waals surface area contributed by atoms with Crippen molar-refractivity contribution in [1.29, 1.82) is 0 Å². The summed E-state index contributed by atoms with van der Waals surface area (Å²) >= 11 is 0. The van der Waals surface area contributed by atoms with Gasteiger partial charge in [-0.2, -0.15) is 0 Å². The van der Waals surface area contributed by atoms with Crippen molar-refractivity contribution in [2.24, 2.45) is 5.92 Å². The largest absolute Gasteiger partial charge is 0.299 e. The Hall–Kier alpha value is -1.17. The second-order valence-corrected chi connectivity index (χ2v) is 8.43. The van der Waals surface area contributed by atoms with E-state index in [-0.39, 0.29) is 0 Å². The highest BCUT2D eigenvalue weighted by Crippen LogP contribution is 2.20. The first kappa shape index (κ1) is 18.2. The molecule has 0 amide bonds. The molecule has 0 spiro atoms. The zero-order chi connectivity index (χ0) is 16.7. The van der Waals surface area contributed by atoms with E-state index in [1.807, 2.05) is 6.07 Å². The summed E-state index contributed by atoms with van der Waals surface area (Å²) in [4.78, 5) is 2.49. The normalized spacial score (nSPS) is 20.6. The van der Waals surface area contributed by atoms with Crippen LogP contribution in [0.2, 0.25) is 0 Å². The maximum absolute atomic E-state index is 11.1. The van der Waals surface area contributed by atoms with Crippen molar-refractivity contribution in [3.63, 3.8) is 0 Å². The molecular weight excluding hydrogens is 308 g/mol. The lowest BCUT2D eigenvalue weighted by atomic mass is 9.94. The summed E-state index contributed by atoms with van der Waals surface area (Å²) in [6, 6.07) is 10.4. The summed E-state index contributed by atoms with van der Waals surface area (Å²) in [5, 5.41) is 0. The van der Waals surface area contributed by atoms with E-state index in [4.69, 9.17) is 0 Å². The fraction of sp³-hybridized carbons (Fsp3) is 0.556. The van der Waals surface area contributed by atoms with Gasteiger partial charge >= 0.3 is 0 Å². The van der Waals surface area contributed by atoms with Gasteiger partial charge in [0.05, 0.1) is 6.26 Å². The summed E-state index contributed by atoms with van der Waals surface area (Å²) in [6.07, 6.45) is 6.78. The fourth-order valence-electron chi connectivity index (χ4n) is 3.21. The van der Waals surface area contributed by atoms with Crippen LogP contribution in [0.15, 0.2) is 35.9 Å². The molecule has 0 saturated carbocycles. The lowest BCUT2D eigenvalue weighted by Crippen LogP contribution is -2.37. The van der Waals surface area contributed by atoms with Crippen LogP contribution in [0, 0.1) is 5.92 Å². The third kappa shape index (κ3) is 7.29. The zero-order valence-electron chi connectivity index (χ0n) is 14.2. The molecule has 1 N–H and O–H groups in total. The molecule has 1 saturated heterocycles. The number of rotatable bonds is 7. The maximum atomic E-state index is 11.1. The van der Waals surface area contributed by atoms with Crippen molar-refractivity contribution in [3.05, 3.63) is 41.5 Å². The van der Waals surface area contributed by atoms with Crippen molar-refractivity contribution in [3.8, 4) is 0 Å². The summed E-state index contributed by atoms with van der Waals surface area (Å²) < 4.78 is 24.9. The SMILES string of the molecule is C/C(=C\c1ccccc1)CN1CCC[C@@H](CCNS(C)(=O)=O)C1. The van der Waals surface area contributed by atoms with Crippen molar-refractivity contribution < 1.29 is 8.42 Å². The molecule has 1 atom stereocenters. The zero-order valence-corrected chi connectivity index (χ0v) is 15.0. The van der Waals surface area contributed by atoms with Crippen LogP contribution in [0.1, 0.15) is 31.7 Å². The van der Waals surface area contributed by atoms with E-state index >= 15 is 0 Å². The molecule has 5 heteroatoms. The molecule has 0 bridgehead atoms. The lowest BCUT2D eigenvalue weighted by molar-refractivity contribution is 0.182. The van der Waals surface area contributed by atoms with Gasteiger partial charge < -0.3 is 0 Å². The van der Waals surface area contributed by atoms with E-state index in [0.29, 0.717) is 12.5 Å². The Bertz CT molecular complexity index is 611. The lowest BCUT2D eigenvalue weighted by Gasteiger charge is -2.33. The van der Waals surface area contributed by atoms with Gasteiger partial charge in [0.15, 0.2) is 0 Å². The third-order valence-electron chi connectivity index (χ3n) is 4.21. The standard InChI is InChI=1S/C18H28N2O2S/c1-16(13-17-7-4-3-5-8-17)14-20-12-6-9-18(15-20)10-11-19-23(2,21)22/h3-5,7-8,13,18-19H,6,9-12,14-15H2,1-2H3/b16-13+/t18-/m0/s1. The van der Waals surface area contributed by atoms with Gasteiger partial charge in [-0.05, 0) is 44.2 Å². The highest BCUT2D eigenvalue weighted by Gasteiger charge is 2.19. The van der Waals surface area contributed by atoms with Crippen LogP contribution in [0.4, 0.5) is 0 Å². The monoisotopic (exact) mass is 336 g/mol. The molecule has 128 valence electrons. The molecule has 0 radical (unpaired) electrons. The Labute approximate surface area is 140 Å². The number of piperidine rings is 1. The third-order valence-corrected chi connectivity index (χ3v) is 4.93. The fourth-order valence-corrected chi connectivity index (χ4v) is 3.70. The Morgan fingerprint density at radius 2 is 2.09 bits per heavy atom. The summed E-state index contributed by atoms with van der Waals surface area (Å²) in [5.74, 6) is 0.586. The van der Waals surface area contributed by atoms with Gasteiger partial charge in [-0.3, -0.25) is 4.90 Å². The van der Waals surface area contributed by atoms with Gasteiger partial charge in [0.2, 0.25) is 10.0 Å². The number of hydrogen-bond acceptors (Lipinski definition) is 3. The predicted molar refractivity (Wildman–Crippen MR) is 96.7 cm³/mol. The van der Waals surface area contributed by atoms with Crippen LogP contribution in [0.3, 0.4) is 0 Å². The first-order valence-corrected chi connectivity index (χ1v) is 10.2. The van der Waals surface area contributed by atoms with E-state index in [9.17, 15) is 8.42 Å². The van der Waals surface area contributed by atoms with Crippen LogP contribution in [0.5, 0.6) is 0 Å². The predicted octanol–water partition coefficient (Wildman–Crippen LogP) is 2.74. The molecule has 1 aliphatic heterocycles. The highest BCUT2D eigenvalue weighted by atomic mass is 32.2. The van der Waals surface area contributed by atoms with Gasteiger partial charge in [-0.15, -0.1) is 0 Å². The molecule has 0 unspecified atom stereocenters. The number of benzene rings is 1. The van der Waals surface area contributed by atoms with Gasteiger partial charge in [0.1, 0.15) is 0 Å². The van der Waals surface area contributed by atoms with Gasteiger partial charge in [0, 0.05) is 19.6 Å². The van der Waals surface area contributed by atoms with E-state index < -0.39 is 10.0 Å². The van der Waals surface area contributed by atoms with Crippen LogP contribution < -0.4 is 4.72 Å². The second-order valence-electron chi connectivity index (χ2n) is 6.60. The number of nitrogens with one attached hydrogen (secondary N) is 1. The average Bonchev–Trinajstić information content (AvgIpc) is 2.47. The minimum atomic E-state index is -3.06. The molecule has 0 aromatic heterocycles. The second kappa shape index (κ2) is 8.62. The highest BCUT2D eigenvalue weighted by molar-refractivity contribution is 7.88. The summed E-state index contributed by atoms with van der Waals surface area (Å²) in [6.45, 7) is 5.92. The first-order valence-electron chi connectivity index (χ1n) is 8.31. The molecule has 0 aliphatic carbocycles. The Kier molecular flexibility index (Phi) is 6.81. The molecule has 2 rings (SSSR count). The minimum Gasteiger partial charge on any atom is -0.299 e. The van der Waals surface area contributed by atoms with Crippen molar-refractivity contribution in [1.82, 2.24) is 9.62 Å². The van der Waals surface area contributed by atoms with E-state index in [0.717, 1.165) is 26.1 Å². The van der Waals surface area contributed by atoms with Crippen LogP contribution in [-0.2, 0) is 10.0 Å². The Morgan fingerprint density at radius 1 is 1.35 bits per heavy atom. The van der Waals surface area contributed by atoms with E-state index in [2.05, 4.69) is 46.9 Å². The minimum absolute atomic E-state index is 0.552. The number of likely N-dealkylation sites (tertiary alicyclic amines) is 1. The topological polar surface area (TPSA) is 49.4 Å². The summed E-state index contributed by atoms with van der Waals surface area (Å²) in [5.41, 5.74) is 2.61. The molecule has 4 nitrogen and oxygen atoms in total. The quantitative estimate of drug-likeness (QED) is 0.833. The molecule has 1 aromatic rings. The number of hydrogen-bond donors (Lipinski definition) is 1. The smallest absolute Gasteiger partial charge is 0.208 e. The molecular formula is C18H28N2O2S. The van der Waals surface area contributed by atoms with Crippen LogP contribution >= 0.6 is 0 Å².